The van der Waals surface area contributed by atoms with Crippen LogP contribution in [0.2, 0.25) is 0 Å². The van der Waals surface area contributed by atoms with Crippen molar-refractivity contribution in [3.8, 4) is 0 Å². The molecule has 2 saturated heterocycles. The highest BCUT2D eigenvalue weighted by Crippen LogP contribution is 2.31. The molecule has 1 saturated carbocycles. The summed E-state index contributed by atoms with van der Waals surface area (Å²) in [7, 11) is 0. The molecular formula is C18H26N4O2. The molecule has 2 unspecified atom stereocenters. The van der Waals surface area contributed by atoms with Crippen molar-refractivity contribution >= 4 is 11.8 Å². The lowest BCUT2D eigenvalue weighted by Crippen LogP contribution is -2.43. The smallest absolute Gasteiger partial charge is 0.228 e. The molecule has 3 aliphatic rings. The molecular weight excluding hydrogens is 304 g/mol. The SMILES string of the molecule is O=C1CC(C(=O)N2CCCC2Cn2cccn2)CN1C1CCCC1. The van der Waals surface area contributed by atoms with E-state index in [0.717, 1.165) is 38.8 Å². The van der Waals surface area contributed by atoms with Gasteiger partial charge in [0, 0.05) is 37.9 Å². The highest BCUT2D eigenvalue weighted by Gasteiger charge is 2.42. The van der Waals surface area contributed by atoms with Gasteiger partial charge in [0.05, 0.1) is 18.5 Å². The zero-order valence-electron chi connectivity index (χ0n) is 14.1. The van der Waals surface area contributed by atoms with Gasteiger partial charge in [0.25, 0.3) is 0 Å². The Morgan fingerprint density at radius 3 is 2.79 bits per heavy atom. The van der Waals surface area contributed by atoms with Gasteiger partial charge in [0.15, 0.2) is 0 Å². The maximum atomic E-state index is 13.0. The molecule has 6 heteroatoms. The van der Waals surface area contributed by atoms with Crippen molar-refractivity contribution in [3.05, 3.63) is 18.5 Å². The van der Waals surface area contributed by atoms with Crippen molar-refractivity contribution in [1.29, 1.82) is 0 Å². The summed E-state index contributed by atoms with van der Waals surface area (Å²) in [5.41, 5.74) is 0. The Kier molecular flexibility index (Phi) is 4.29. The van der Waals surface area contributed by atoms with Crippen LogP contribution in [0.25, 0.3) is 0 Å². The van der Waals surface area contributed by atoms with Gasteiger partial charge in [-0.15, -0.1) is 0 Å². The van der Waals surface area contributed by atoms with Crippen LogP contribution in [-0.4, -0.2) is 56.6 Å². The molecule has 4 rings (SSSR count). The Bertz CT molecular complexity index is 594. The molecule has 130 valence electrons. The van der Waals surface area contributed by atoms with Crippen LogP contribution in [0.3, 0.4) is 0 Å². The third-order valence-corrected chi connectivity index (χ3v) is 5.89. The first kappa shape index (κ1) is 15.7. The van der Waals surface area contributed by atoms with E-state index >= 15 is 0 Å². The molecule has 3 heterocycles. The minimum absolute atomic E-state index is 0.142. The van der Waals surface area contributed by atoms with Crippen LogP contribution in [0.15, 0.2) is 18.5 Å². The molecule has 0 bridgehead atoms. The molecule has 0 aromatic carbocycles. The van der Waals surface area contributed by atoms with E-state index in [1.807, 2.05) is 26.7 Å². The Hall–Kier alpha value is -1.85. The molecule has 1 aromatic heterocycles. The van der Waals surface area contributed by atoms with Crippen LogP contribution in [0.4, 0.5) is 0 Å². The molecule has 0 radical (unpaired) electrons. The summed E-state index contributed by atoms with van der Waals surface area (Å²) in [6.07, 6.45) is 10.8. The van der Waals surface area contributed by atoms with Gasteiger partial charge in [-0.3, -0.25) is 14.3 Å². The van der Waals surface area contributed by atoms with Crippen LogP contribution in [0.5, 0.6) is 0 Å². The van der Waals surface area contributed by atoms with Gasteiger partial charge in [-0.05, 0) is 31.7 Å². The van der Waals surface area contributed by atoms with Crippen molar-refractivity contribution in [3.63, 3.8) is 0 Å². The molecule has 0 N–H and O–H groups in total. The van der Waals surface area contributed by atoms with E-state index in [9.17, 15) is 9.59 Å². The summed E-state index contributed by atoms with van der Waals surface area (Å²) in [6.45, 7) is 2.21. The summed E-state index contributed by atoms with van der Waals surface area (Å²) in [6, 6.07) is 2.51. The van der Waals surface area contributed by atoms with E-state index in [1.165, 1.54) is 12.8 Å². The number of hydrogen-bond donors (Lipinski definition) is 0. The average molecular weight is 330 g/mol. The first-order valence-corrected chi connectivity index (χ1v) is 9.30. The summed E-state index contributed by atoms with van der Waals surface area (Å²) in [4.78, 5) is 29.4. The molecule has 6 nitrogen and oxygen atoms in total. The summed E-state index contributed by atoms with van der Waals surface area (Å²) in [5, 5.41) is 4.26. The number of likely N-dealkylation sites (tertiary alicyclic amines) is 2. The normalized spacial score (nSPS) is 28.2. The van der Waals surface area contributed by atoms with E-state index in [2.05, 4.69) is 5.10 Å². The minimum Gasteiger partial charge on any atom is -0.339 e. The van der Waals surface area contributed by atoms with Crippen LogP contribution in [0.1, 0.15) is 44.9 Å². The van der Waals surface area contributed by atoms with Crippen molar-refractivity contribution < 1.29 is 9.59 Å². The Morgan fingerprint density at radius 2 is 2.04 bits per heavy atom. The predicted molar refractivity (Wildman–Crippen MR) is 89.0 cm³/mol. The molecule has 24 heavy (non-hydrogen) atoms. The topological polar surface area (TPSA) is 58.4 Å². The lowest BCUT2D eigenvalue weighted by atomic mass is 10.1. The van der Waals surface area contributed by atoms with Gasteiger partial charge in [0.2, 0.25) is 11.8 Å². The molecule has 0 spiro atoms. The molecule has 1 aliphatic carbocycles. The number of aromatic nitrogens is 2. The molecule has 2 amide bonds. The van der Waals surface area contributed by atoms with Gasteiger partial charge in [-0.25, -0.2) is 0 Å². The maximum absolute atomic E-state index is 13.0. The number of hydrogen-bond acceptors (Lipinski definition) is 3. The third kappa shape index (κ3) is 2.94. The fourth-order valence-electron chi connectivity index (χ4n) is 4.64. The lowest BCUT2D eigenvalue weighted by molar-refractivity contribution is -0.136. The summed E-state index contributed by atoms with van der Waals surface area (Å²) in [5.74, 6) is 0.220. The quantitative estimate of drug-likeness (QED) is 0.844. The minimum atomic E-state index is -0.142. The Morgan fingerprint density at radius 1 is 1.21 bits per heavy atom. The van der Waals surface area contributed by atoms with E-state index in [-0.39, 0.29) is 23.8 Å². The Labute approximate surface area is 142 Å². The van der Waals surface area contributed by atoms with Crippen molar-refractivity contribution in [2.45, 2.75) is 63.6 Å². The molecule has 3 fully saturated rings. The monoisotopic (exact) mass is 330 g/mol. The van der Waals surface area contributed by atoms with E-state index in [0.29, 0.717) is 19.0 Å². The highest BCUT2D eigenvalue weighted by molar-refractivity contribution is 5.89. The Balaban J connectivity index is 1.40. The predicted octanol–water partition coefficient (Wildman–Crippen LogP) is 1.67. The van der Waals surface area contributed by atoms with E-state index < -0.39 is 0 Å². The van der Waals surface area contributed by atoms with E-state index in [4.69, 9.17) is 0 Å². The summed E-state index contributed by atoms with van der Waals surface area (Å²) >= 11 is 0. The molecule has 1 aromatic rings. The van der Waals surface area contributed by atoms with Crippen LogP contribution in [0, 0.1) is 5.92 Å². The maximum Gasteiger partial charge on any atom is 0.228 e. The molecule has 2 aliphatic heterocycles. The summed E-state index contributed by atoms with van der Waals surface area (Å²) < 4.78 is 1.90. The largest absolute Gasteiger partial charge is 0.339 e. The second-order valence-electron chi connectivity index (χ2n) is 7.44. The van der Waals surface area contributed by atoms with Crippen LogP contribution < -0.4 is 0 Å². The lowest BCUT2D eigenvalue weighted by Gasteiger charge is -2.28. The second kappa shape index (κ2) is 6.57. The average Bonchev–Trinajstić information content (AvgIpc) is 3.35. The number of carbonyl (C=O) groups excluding carboxylic acids is 2. The number of amides is 2. The van der Waals surface area contributed by atoms with Crippen LogP contribution >= 0.6 is 0 Å². The van der Waals surface area contributed by atoms with E-state index in [1.54, 1.807) is 6.20 Å². The third-order valence-electron chi connectivity index (χ3n) is 5.89. The van der Waals surface area contributed by atoms with Crippen molar-refractivity contribution in [2.24, 2.45) is 5.92 Å². The van der Waals surface area contributed by atoms with Gasteiger partial charge >= 0.3 is 0 Å². The first-order chi connectivity index (χ1) is 11.7. The number of carbonyl (C=O) groups is 2. The first-order valence-electron chi connectivity index (χ1n) is 9.30. The molecule has 2 atom stereocenters. The number of rotatable bonds is 4. The van der Waals surface area contributed by atoms with Gasteiger partial charge in [-0.2, -0.15) is 5.10 Å². The van der Waals surface area contributed by atoms with Gasteiger partial charge in [0.1, 0.15) is 0 Å². The fourth-order valence-corrected chi connectivity index (χ4v) is 4.64. The zero-order chi connectivity index (χ0) is 16.5. The zero-order valence-corrected chi connectivity index (χ0v) is 14.1. The number of nitrogens with zero attached hydrogens (tertiary/aromatic N) is 4. The van der Waals surface area contributed by atoms with Gasteiger partial charge < -0.3 is 9.80 Å². The fraction of sp³-hybridized carbons (Fsp3) is 0.722. The van der Waals surface area contributed by atoms with Gasteiger partial charge in [-0.1, -0.05) is 12.8 Å². The standard InChI is InChI=1S/C18H26N4O2/c23-17-11-14(12-22(17)15-5-1-2-6-15)18(24)21-10-3-7-16(21)13-20-9-4-8-19-20/h4,8-9,14-16H,1-3,5-7,10-13H2. The second-order valence-corrected chi connectivity index (χ2v) is 7.44. The highest BCUT2D eigenvalue weighted by atomic mass is 16.2. The van der Waals surface area contributed by atoms with Crippen molar-refractivity contribution in [1.82, 2.24) is 19.6 Å². The van der Waals surface area contributed by atoms with Crippen molar-refractivity contribution in [2.75, 3.05) is 13.1 Å². The van der Waals surface area contributed by atoms with Crippen LogP contribution in [-0.2, 0) is 16.1 Å².